The van der Waals surface area contributed by atoms with Crippen molar-refractivity contribution in [3.05, 3.63) is 35.1 Å². The summed E-state index contributed by atoms with van der Waals surface area (Å²) in [6, 6.07) is 0.840. The summed E-state index contributed by atoms with van der Waals surface area (Å²) in [4.78, 5) is 12.0. The Hall–Kier alpha value is -1.57. The van der Waals surface area contributed by atoms with E-state index in [9.17, 15) is 26.4 Å². The van der Waals surface area contributed by atoms with Crippen molar-refractivity contribution in [2.24, 2.45) is 0 Å². The Morgan fingerprint density at radius 1 is 1.18 bits per heavy atom. The van der Waals surface area contributed by atoms with Gasteiger partial charge in [-0.15, -0.1) is 0 Å². The second kappa shape index (κ2) is 6.28. The molecule has 0 unspecified atom stereocenters. The summed E-state index contributed by atoms with van der Waals surface area (Å²) >= 11 is 0. The van der Waals surface area contributed by atoms with Gasteiger partial charge in [0.1, 0.15) is 9.84 Å². The van der Waals surface area contributed by atoms with E-state index >= 15 is 0 Å². The van der Waals surface area contributed by atoms with Gasteiger partial charge in [-0.1, -0.05) is 6.42 Å². The van der Waals surface area contributed by atoms with Crippen LogP contribution < -0.4 is 5.32 Å². The molecule has 1 aromatic carbocycles. The van der Waals surface area contributed by atoms with E-state index in [4.69, 9.17) is 0 Å². The van der Waals surface area contributed by atoms with E-state index in [0.29, 0.717) is 31.4 Å². The summed E-state index contributed by atoms with van der Waals surface area (Å²) in [5.41, 5.74) is -0.335. The van der Waals surface area contributed by atoms with Crippen LogP contribution in [0.1, 0.15) is 36.0 Å². The van der Waals surface area contributed by atoms with E-state index in [0.717, 1.165) is 6.26 Å². The molecular formula is C14H16F3NO3S. The minimum atomic E-state index is -3.20. The monoisotopic (exact) mass is 335 g/mol. The van der Waals surface area contributed by atoms with Gasteiger partial charge >= 0.3 is 0 Å². The predicted octanol–water partition coefficient (Wildman–Crippen LogP) is 2.19. The van der Waals surface area contributed by atoms with E-state index in [1.807, 2.05) is 0 Å². The molecule has 2 rings (SSSR count). The first kappa shape index (κ1) is 16.8. The first-order valence-electron chi connectivity index (χ1n) is 6.82. The molecule has 1 amide bonds. The summed E-state index contributed by atoms with van der Waals surface area (Å²) in [6.07, 6.45) is 3.16. The number of nitrogens with one attached hydrogen (secondary N) is 1. The lowest BCUT2D eigenvalue weighted by molar-refractivity contribution is 0.0926. The molecule has 122 valence electrons. The molecule has 0 aliphatic heterocycles. The third-order valence-electron chi connectivity index (χ3n) is 3.81. The Morgan fingerprint density at radius 3 is 2.32 bits per heavy atom. The van der Waals surface area contributed by atoms with Crippen molar-refractivity contribution >= 4 is 15.7 Å². The van der Waals surface area contributed by atoms with Crippen LogP contribution in [-0.2, 0) is 9.84 Å². The number of halogens is 3. The molecule has 0 heterocycles. The molecule has 0 radical (unpaired) electrons. The zero-order chi connectivity index (χ0) is 16.5. The lowest BCUT2D eigenvalue weighted by atomic mass is 9.94. The summed E-state index contributed by atoms with van der Waals surface area (Å²) in [6.45, 7) is 0. The molecule has 1 aliphatic rings. The van der Waals surface area contributed by atoms with Crippen LogP contribution in [0.5, 0.6) is 0 Å². The quantitative estimate of drug-likeness (QED) is 0.861. The molecule has 8 heteroatoms. The Kier molecular flexibility index (Phi) is 4.79. The molecule has 1 saturated carbocycles. The number of benzene rings is 1. The molecule has 1 fully saturated rings. The summed E-state index contributed by atoms with van der Waals surface area (Å²) in [7, 11) is -3.20. The highest BCUT2D eigenvalue weighted by Gasteiger charge is 2.30. The molecule has 0 saturated heterocycles. The molecule has 0 bridgehead atoms. The minimum Gasteiger partial charge on any atom is -0.349 e. The van der Waals surface area contributed by atoms with Crippen LogP contribution in [0.4, 0.5) is 13.2 Å². The SMILES string of the molecule is CS(=O)(=O)[C@@H]1CCC[C@H](NC(=O)c2cc(F)c(F)c(F)c2)C1. The maximum absolute atomic E-state index is 13.1. The lowest BCUT2D eigenvalue weighted by Crippen LogP contribution is -2.41. The van der Waals surface area contributed by atoms with Gasteiger partial charge in [0.05, 0.1) is 5.25 Å². The number of carbonyl (C=O) groups excluding carboxylic acids is 1. The van der Waals surface area contributed by atoms with Gasteiger partial charge in [0, 0.05) is 17.9 Å². The molecule has 1 aromatic rings. The molecule has 0 spiro atoms. The van der Waals surface area contributed by atoms with Crippen LogP contribution in [0.3, 0.4) is 0 Å². The fraction of sp³-hybridized carbons (Fsp3) is 0.500. The second-order valence-electron chi connectivity index (χ2n) is 5.54. The van der Waals surface area contributed by atoms with E-state index in [1.54, 1.807) is 0 Å². The number of carbonyl (C=O) groups is 1. The third kappa shape index (κ3) is 3.79. The van der Waals surface area contributed by atoms with Crippen molar-refractivity contribution in [3.8, 4) is 0 Å². The predicted molar refractivity (Wildman–Crippen MR) is 74.7 cm³/mol. The van der Waals surface area contributed by atoms with Crippen molar-refractivity contribution in [3.63, 3.8) is 0 Å². The number of sulfone groups is 1. The van der Waals surface area contributed by atoms with Crippen LogP contribution >= 0.6 is 0 Å². The molecule has 2 atom stereocenters. The average Bonchev–Trinajstić information content (AvgIpc) is 2.43. The van der Waals surface area contributed by atoms with Gasteiger partial charge < -0.3 is 5.32 Å². The molecule has 1 aliphatic carbocycles. The highest BCUT2D eigenvalue weighted by atomic mass is 32.2. The normalized spacial score (nSPS) is 22.4. The van der Waals surface area contributed by atoms with Crippen molar-refractivity contribution in [1.82, 2.24) is 5.32 Å². The number of hydrogen-bond acceptors (Lipinski definition) is 3. The second-order valence-corrected chi connectivity index (χ2v) is 7.87. The first-order chi connectivity index (χ1) is 10.2. The van der Waals surface area contributed by atoms with Crippen LogP contribution in [-0.4, -0.2) is 31.9 Å². The van der Waals surface area contributed by atoms with Gasteiger partial charge in [-0.05, 0) is 31.4 Å². The maximum atomic E-state index is 13.1. The Bertz CT molecular complexity index is 668. The number of rotatable bonds is 3. The van der Waals surface area contributed by atoms with E-state index in [1.165, 1.54) is 0 Å². The molecule has 0 aromatic heterocycles. The van der Waals surface area contributed by atoms with Gasteiger partial charge in [-0.3, -0.25) is 4.79 Å². The van der Waals surface area contributed by atoms with Crippen LogP contribution in [0, 0.1) is 17.5 Å². The molecule has 1 N–H and O–H groups in total. The van der Waals surface area contributed by atoms with Gasteiger partial charge in [0.2, 0.25) is 0 Å². The van der Waals surface area contributed by atoms with Crippen molar-refractivity contribution < 1.29 is 26.4 Å². The topological polar surface area (TPSA) is 63.2 Å². The first-order valence-corrected chi connectivity index (χ1v) is 8.78. The maximum Gasteiger partial charge on any atom is 0.251 e. The highest BCUT2D eigenvalue weighted by Crippen LogP contribution is 2.24. The van der Waals surface area contributed by atoms with Crippen LogP contribution in [0.2, 0.25) is 0 Å². The van der Waals surface area contributed by atoms with Gasteiger partial charge in [0.15, 0.2) is 17.5 Å². The van der Waals surface area contributed by atoms with Crippen LogP contribution in [0.15, 0.2) is 12.1 Å². The zero-order valence-corrected chi connectivity index (χ0v) is 12.7. The van der Waals surface area contributed by atoms with Crippen molar-refractivity contribution in [2.75, 3.05) is 6.26 Å². The summed E-state index contributed by atoms with van der Waals surface area (Å²) < 4.78 is 62.2. The van der Waals surface area contributed by atoms with Crippen LogP contribution in [0.25, 0.3) is 0 Å². The standard InChI is InChI=1S/C14H16F3NO3S/c1-22(20,21)10-4-2-3-9(7-10)18-14(19)8-5-11(15)13(17)12(16)6-8/h5-6,9-10H,2-4,7H2,1H3,(H,18,19)/t9-,10+/m0/s1. The van der Waals surface area contributed by atoms with Gasteiger partial charge in [0.25, 0.3) is 5.91 Å². The highest BCUT2D eigenvalue weighted by molar-refractivity contribution is 7.91. The van der Waals surface area contributed by atoms with Crippen molar-refractivity contribution in [1.29, 1.82) is 0 Å². The third-order valence-corrected chi connectivity index (χ3v) is 5.45. The molecule has 22 heavy (non-hydrogen) atoms. The van der Waals surface area contributed by atoms with Gasteiger partial charge in [-0.25, -0.2) is 21.6 Å². The van der Waals surface area contributed by atoms with Gasteiger partial charge in [-0.2, -0.15) is 0 Å². The molecular weight excluding hydrogens is 319 g/mol. The summed E-state index contributed by atoms with van der Waals surface area (Å²) in [5, 5.41) is 2.02. The Balaban J connectivity index is 2.09. The van der Waals surface area contributed by atoms with E-state index < -0.39 is 44.5 Å². The smallest absolute Gasteiger partial charge is 0.251 e. The average molecular weight is 335 g/mol. The van der Waals surface area contributed by atoms with Crippen molar-refractivity contribution in [2.45, 2.75) is 37.0 Å². The largest absolute Gasteiger partial charge is 0.349 e. The van der Waals surface area contributed by atoms with E-state index in [-0.39, 0.29) is 12.0 Å². The zero-order valence-electron chi connectivity index (χ0n) is 11.9. The lowest BCUT2D eigenvalue weighted by Gasteiger charge is -2.28. The molecule has 4 nitrogen and oxygen atoms in total. The fourth-order valence-corrected chi connectivity index (χ4v) is 3.80. The Morgan fingerprint density at radius 2 is 1.77 bits per heavy atom. The minimum absolute atomic E-state index is 0.261. The number of hydrogen-bond donors (Lipinski definition) is 1. The Labute approximate surface area is 126 Å². The van der Waals surface area contributed by atoms with E-state index in [2.05, 4.69) is 5.32 Å². The fourth-order valence-electron chi connectivity index (χ4n) is 2.62. The number of amides is 1. The summed E-state index contributed by atoms with van der Waals surface area (Å²) in [5.74, 6) is -5.27.